The lowest BCUT2D eigenvalue weighted by atomic mass is 10.4. The number of hydrogen-bond donors (Lipinski definition) is 3. The zero-order valence-corrected chi connectivity index (χ0v) is 11.0. The Kier molecular flexibility index (Phi) is 3.42. The quantitative estimate of drug-likeness (QED) is 0.504. The summed E-state index contributed by atoms with van der Waals surface area (Å²) in [4.78, 5) is 39.9. The second-order valence-electron chi connectivity index (χ2n) is 4.35. The van der Waals surface area contributed by atoms with Gasteiger partial charge in [0.15, 0.2) is 11.2 Å². The Hall–Kier alpha value is -2.46. The van der Waals surface area contributed by atoms with Crippen molar-refractivity contribution < 1.29 is 4.79 Å². The number of fused-ring (bicyclic) bond motifs is 1. The molecule has 0 unspecified atom stereocenters. The predicted molar refractivity (Wildman–Crippen MR) is 70.5 cm³/mol. The number of nitrogens with zero attached hydrogens (tertiary/aromatic N) is 4. The van der Waals surface area contributed by atoms with Crippen LogP contribution in [0.2, 0.25) is 0 Å². The molecule has 10 heteroatoms. The number of rotatable bonds is 3. The lowest BCUT2D eigenvalue weighted by Crippen LogP contribution is -2.51. The monoisotopic (exact) mass is 281 g/mol. The number of nitrogens with one attached hydrogen (secondary N) is 1. The van der Waals surface area contributed by atoms with E-state index in [0.717, 1.165) is 4.57 Å². The van der Waals surface area contributed by atoms with Crippen LogP contribution in [0.25, 0.3) is 11.2 Å². The van der Waals surface area contributed by atoms with Gasteiger partial charge in [-0.1, -0.05) is 0 Å². The minimum absolute atomic E-state index is 0.233. The van der Waals surface area contributed by atoms with Crippen molar-refractivity contribution in [1.29, 1.82) is 0 Å². The molecule has 2 rings (SSSR count). The first kappa shape index (κ1) is 14.0. The summed E-state index contributed by atoms with van der Waals surface area (Å²) in [6.07, 6.45) is 0.369. The first-order valence-electron chi connectivity index (χ1n) is 5.74. The summed E-state index contributed by atoms with van der Waals surface area (Å²) in [7, 11) is 3.10. The van der Waals surface area contributed by atoms with Gasteiger partial charge < -0.3 is 9.88 Å². The van der Waals surface area contributed by atoms with Gasteiger partial charge in [-0.05, 0) is 0 Å². The van der Waals surface area contributed by atoms with E-state index in [1.54, 1.807) is 7.05 Å². The predicted octanol–water partition coefficient (Wildman–Crippen LogP) is -3.25. The van der Waals surface area contributed by atoms with E-state index in [-0.39, 0.29) is 11.2 Å². The van der Waals surface area contributed by atoms with Crippen molar-refractivity contribution in [2.75, 3.05) is 0 Å². The van der Waals surface area contributed by atoms with Gasteiger partial charge >= 0.3 is 5.69 Å². The fraction of sp³-hybridized carbons (Fsp3) is 0.400. The van der Waals surface area contributed by atoms with E-state index < -0.39 is 30.0 Å². The number of amides is 1. The third-order valence-electron chi connectivity index (χ3n) is 2.83. The number of nitrogens with two attached hydrogens (primary N) is 2. The molecule has 0 radical (unpaired) electrons. The molecule has 0 aliphatic heterocycles. The summed E-state index contributed by atoms with van der Waals surface area (Å²) in [6, 6.07) is 0. The maximum absolute atomic E-state index is 12.3. The molecule has 108 valence electrons. The van der Waals surface area contributed by atoms with E-state index in [4.69, 9.17) is 11.5 Å². The van der Waals surface area contributed by atoms with E-state index in [1.807, 2.05) is 0 Å². The van der Waals surface area contributed by atoms with Gasteiger partial charge in [-0.15, -0.1) is 0 Å². The van der Waals surface area contributed by atoms with Crippen LogP contribution in [0.1, 0.15) is 0 Å². The summed E-state index contributed by atoms with van der Waals surface area (Å²) in [5.74, 6) is -0.624. The summed E-state index contributed by atoms with van der Waals surface area (Å²) in [5, 5.41) is 2.21. The zero-order chi connectivity index (χ0) is 15.0. The SMILES string of the molecule is Cn1cnc2c1c(=O)n(CC(=O)NC(N)N)c(=O)n2C. The molecule has 0 aliphatic rings. The molecule has 0 spiro atoms. The van der Waals surface area contributed by atoms with Crippen molar-refractivity contribution in [3.63, 3.8) is 0 Å². The number of imidazole rings is 1. The molecule has 0 fully saturated rings. The fourth-order valence-corrected chi connectivity index (χ4v) is 1.91. The Morgan fingerprint density at radius 1 is 1.40 bits per heavy atom. The van der Waals surface area contributed by atoms with Crippen molar-refractivity contribution in [3.05, 3.63) is 27.2 Å². The zero-order valence-electron chi connectivity index (χ0n) is 11.0. The Morgan fingerprint density at radius 3 is 2.65 bits per heavy atom. The van der Waals surface area contributed by atoms with Crippen molar-refractivity contribution in [2.24, 2.45) is 25.6 Å². The van der Waals surface area contributed by atoms with Gasteiger partial charge in [-0.2, -0.15) is 0 Å². The van der Waals surface area contributed by atoms with E-state index in [1.165, 1.54) is 22.5 Å². The highest BCUT2D eigenvalue weighted by Gasteiger charge is 2.17. The summed E-state index contributed by atoms with van der Waals surface area (Å²) >= 11 is 0. The molecule has 2 heterocycles. The molecule has 2 aromatic rings. The molecular weight excluding hydrogens is 266 g/mol. The number of carbonyl (C=O) groups is 1. The highest BCUT2D eigenvalue weighted by Crippen LogP contribution is 2.02. The average Bonchev–Trinajstić information content (AvgIpc) is 2.73. The molecule has 1 amide bonds. The average molecular weight is 281 g/mol. The van der Waals surface area contributed by atoms with Crippen LogP contribution >= 0.6 is 0 Å². The van der Waals surface area contributed by atoms with Crippen LogP contribution in [0.5, 0.6) is 0 Å². The first-order chi connectivity index (χ1) is 9.32. The normalized spacial score (nSPS) is 11.2. The van der Waals surface area contributed by atoms with E-state index in [2.05, 4.69) is 10.3 Å². The van der Waals surface area contributed by atoms with Crippen LogP contribution in [-0.2, 0) is 25.4 Å². The van der Waals surface area contributed by atoms with Crippen LogP contribution in [0.15, 0.2) is 15.9 Å². The smallest absolute Gasteiger partial charge is 0.328 e. The van der Waals surface area contributed by atoms with E-state index in [0.29, 0.717) is 0 Å². The van der Waals surface area contributed by atoms with Gasteiger partial charge in [0, 0.05) is 14.1 Å². The second-order valence-corrected chi connectivity index (χ2v) is 4.35. The number of aromatic nitrogens is 4. The van der Waals surface area contributed by atoms with Gasteiger partial charge in [0.05, 0.1) is 6.33 Å². The molecule has 0 saturated carbocycles. The molecule has 5 N–H and O–H groups in total. The van der Waals surface area contributed by atoms with Crippen LogP contribution in [0.4, 0.5) is 0 Å². The Morgan fingerprint density at radius 2 is 2.05 bits per heavy atom. The van der Waals surface area contributed by atoms with Gasteiger partial charge in [0.1, 0.15) is 12.8 Å². The van der Waals surface area contributed by atoms with Gasteiger partial charge in [-0.3, -0.25) is 25.6 Å². The minimum atomic E-state index is -1.05. The van der Waals surface area contributed by atoms with Crippen molar-refractivity contribution in [2.45, 2.75) is 12.8 Å². The molecule has 0 atom stereocenters. The lowest BCUT2D eigenvalue weighted by Gasteiger charge is -2.10. The van der Waals surface area contributed by atoms with E-state index in [9.17, 15) is 14.4 Å². The van der Waals surface area contributed by atoms with Crippen LogP contribution in [-0.4, -0.2) is 30.9 Å². The van der Waals surface area contributed by atoms with Crippen LogP contribution in [0, 0.1) is 0 Å². The highest BCUT2D eigenvalue weighted by atomic mass is 16.2. The molecule has 0 saturated heterocycles. The minimum Gasteiger partial charge on any atom is -0.328 e. The summed E-state index contributed by atoms with van der Waals surface area (Å²) in [5.41, 5.74) is 9.69. The van der Waals surface area contributed by atoms with Crippen molar-refractivity contribution in [3.8, 4) is 0 Å². The van der Waals surface area contributed by atoms with Gasteiger partial charge in [0.2, 0.25) is 5.91 Å². The lowest BCUT2D eigenvalue weighted by molar-refractivity contribution is -0.122. The topological polar surface area (TPSA) is 143 Å². The molecule has 2 aromatic heterocycles. The highest BCUT2D eigenvalue weighted by molar-refractivity contribution is 5.76. The Balaban J connectivity index is 2.59. The van der Waals surface area contributed by atoms with Crippen molar-refractivity contribution in [1.82, 2.24) is 24.0 Å². The fourth-order valence-electron chi connectivity index (χ4n) is 1.91. The standard InChI is InChI=1S/C10H15N7O3/c1-15-4-13-7-6(15)8(19)17(10(20)16(7)2)3-5(18)14-9(11)12/h4,9H,3,11-12H2,1-2H3,(H,14,18). The number of carbonyl (C=O) groups excluding carboxylic acids is 1. The third-order valence-corrected chi connectivity index (χ3v) is 2.83. The first-order valence-corrected chi connectivity index (χ1v) is 5.74. The third kappa shape index (κ3) is 2.21. The van der Waals surface area contributed by atoms with Gasteiger partial charge in [0.25, 0.3) is 5.56 Å². The summed E-state index contributed by atoms with van der Waals surface area (Å²) in [6.45, 7) is -0.461. The molecule has 10 nitrogen and oxygen atoms in total. The second kappa shape index (κ2) is 4.90. The Bertz CT molecular complexity index is 782. The molecule has 20 heavy (non-hydrogen) atoms. The molecule has 0 bridgehead atoms. The molecular formula is C10H15N7O3. The number of hydrogen-bond acceptors (Lipinski definition) is 6. The van der Waals surface area contributed by atoms with Crippen LogP contribution < -0.4 is 28.0 Å². The van der Waals surface area contributed by atoms with Crippen molar-refractivity contribution >= 4 is 17.1 Å². The molecule has 0 aromatic carbocycles. The van der Waals surface area contributed by atoms with Gasteiger partial charge in [-0.25, -0.2) is 14.3 Å². The number of aryl methyl sites for hydroxylation is 2. The maximum Gasteiger partial charge on any atom is 0.332 e. The van der Waals surface area contributed by atoms with Crippen LogP contribution in [0.3, 0.4) is 0 Å². The summed E-state index contributed by atoms with van der Waals surface area (Å²) < 4.78 is 3.49. The Labute approximate surface area is 112 Å². The maximum atomic E-state index is 12.3. The van der Waals surface area contributed by atoms with E-state index >= 15 is 0 Å². The molecule has 0 aliphatic carbocycles. The largest absolute Gasteiger partial charge is 0.332 e.